The minimum absolute atomic E-state index is 0.140. The number of hydrogen-bond acceptors (Lipinski definition) is 6. The first-order valence-corrected chi connectivity index (χ1v) is 11.2. The number of rotatable bonds is 8. The van der Waals surface area contributed by atoms with Gasteiger partial charge < -0.3 is 15.5 Å². The number of carbonyl (C=O) groups is 4. The Labute approximate surface area is 211 Å². The van der Waals surface area contributed by atoms with Crippen LogP contribution in [0.25, 0.3) is 11.1 Å². The van der Waals surface area contributed by atoms with Gasteiger partial charge >= 0.3 is 17.8 Å². The normalized spacial score (nSPS) is 12.2. The maximum atomic E-state index is 12.4. The second-order valence-corrected chi connectivity index (χ2v) is 8.26. The molecule has 0 aliphatic rings. The lowest BCUT2D eigenvalue weighted by Crippen LogP contribution is -2.51. The summed E-state index contributed by atoms with van der Waals surface area (Å²) in [5.74, 6) is -4.42. The number of amides is 3. The number of nitrogens with zero attached hydrogens (tertiary/aromatic N) is 1. The van der Waals surface area contributed by atoms with E-state index in [1.807, 2.05) is 35.8 Å². The summed E-state index contributed by atoms with van der Waals surface area (Å²) >= 11 is 6.04. The summed E-state index contributed by atoms with van der Waals surface area (Å²) in [5.41, 5.74) is 6.79. The van der Waals surface area contributed by atoms with Crippen molar-refractivity contribution in [2.45, 2.75) is 25.0 Å². The van der Waals surface area contributed by atoms with E-state index in [2.05, 4.69) is 15.7 Å². The van der Waals surface area contributed by atoms with Crippen LogP contribution in [0.2, 0.25) is 5.02 Å². The molecule has 0 bridgehead atoms. The Kier molecular flexibility index (Phi) is 9.09. The molecule has 2 atom stereocenters. The number of hydrogen-bond donors (Lipinski definition) is 5. The van der Waals surface area contributed by atoms with Crippen molar-refractivity contribution in [3.05, 3.63) is 89.2 Å². The van der Waals surface area contributed by atoms with Gasteiger partial charge in [-0.2, -0.15) is 0 Å². The number of aliphatic hydroxyl groups is 1. The van der Waals surface area contributed by atoms with E-state index in [1.165, 1.54) is 24.5 Å². The summed E-state index contributed by atoms with van der Waals surface area (Å²) in [6.07, 6.45) is 0.796. The standard InChI is InChI=1S/C25H23ClN4O6/c26-19-5-1-3-17(12-19)16-8-6-15(7-9-16)11-20(13-21(31)25(35)36)28-23(33)24(34)30-29-22(32)18-4-2-10-27-14-18/h1-10,12,14,20-21,31H,11,13H2,(H,28,33)(H,29,32)(H,30,34)(H,35,36)/t20-,21-/m1/s1. The highest BCUT2D eigenvalue weighted by molar-refractivity contribution is 6.35. The molecule has 10 nitrogen and oxygen atoms in total. The van der Waals surface area contributed by atoms with E-state index in [-0.39, 0.29) is 18.4 Å². The molecular formula is C25H23ClN4O6. The molecule has 11 heteroatoms. The molecule has 1 aromatic heterocycles. The number of aliphatic carboxylic acids is 1. The third-order valence-electron chi connectivity index (χ3n) is 5.14. The molecular weight excluding hydrogens is 488 g/mol. The zero-order valence-electron chi connectivity index (χ0n) is 18.8. The van der Waals surface area contributed by atoms with Crippen molar-refractivity contribution < 1.29 is 29.4 Å². The summed E-state index contributed by atoms with van der Waals surface area (Å²) in [4.78, 5) is 51.5. The van der Waals surface area contributed by atoms with Gasteiger partial charge in [0.1, 0.15) is 0 Å². The van der Waals surface area contributed by atoms with E-state index >= 15 is 0 Å². The van der Waals surface area contributed by atoms with Crippen LogP contribution < -0.4 is 16.2 Å². The maximum absolute atomic E-state index is 12.4. The molecule has 0 unspecified atom stereocenters. The molecule has 0 fully saturated rings. The van der Waals surface area contributed by atoms with E-state index in [1.54, 1.807) is 18.2 Å². The van der Waals surface area contributed by atoms with Crippen LogP contribution in [0.4, 0.5) is 0 Å². The first kappa shape index (κ1) is 26.3. The van der Waals surface area contributed by atoms with E-state index in [4.69, 9.17) is 16.7 Å². The van der Waals surface area contributed by atoms with Gasteiger partial charge in [0, 0.05) is 29.9 Å². The van der Waals surface area contributed by atoms with Gasteiger partial charge in [-0.1, -0.05) is 48.0 Å². The predicted octanol–water partition coefficient (Wildman–Crippen LogP) is 1.73. The Balaban J connectivity index is 1.64. The lowest BCUT2D eigenvalue weighted by atomic mass is 9.98. The fraction of sp³-hybridized carbons (Fsp3) is 0.160. The van der Waals surface area contributed by atoms with Crippen LogP contribution in [0.15, 0.2) is 73.1 Å². The molecule has 0 spiro atoms. The average Bonchev–Trinajstić information content (AvgIpc) is 2.87. The Morgan fingerprint density at radius 3 is 2.31 bits per heavy atom. The summed E-state index contributed by atoms with van der Waals surface area (Å²) < 4.78 is 0. The van der Waals surface area contributed by atoms with Crippen molar-refractivity contribution in [1.29, 1.82) is 0 Å². The smallest absolute Gasteiger partial charge is 0.332 e. The van der Waals surface area contributed by atoms with Crippen molar-refractivity contribution in [3.63, 3.8) is 0 Å². The van der Waals surface area contributed by atoms with Crippen LogP contribution in [-0.4, -0.2) is 51.0 Å². The molecule has 5 N–H and O–H groups in total. The zero-order chi connectivity index (χ0) is 26.1. The quantitative estimate of drug-likeness (QED) is 0.228. The number of aromatic nitrogens is 1. The van der Waals surface area contributed by atoms with Crippen LogP contribution in [0.5, 0.6) is 0 Å². The van der Waals surface area contributed by atoms with E-state index in [0.29, 0.717) is 5.02 Å². The molecule has 0 saturated heterocycles. The molecule has 0 aliphatic carbocycles. The molecule has 0 saturated carbocycles. The van der Waals surface area contributed by atoms with Crippen LogP contribution in [0.3, 0.4) is 0 Å². The number of aliphatic hydroxyl groups excluding tert-OH is 1. The SMILES string of the molecule is O=C(NNC(=O)c1cccnc1)C(=O)N[C@H](Cc1ccc(-c2cccc(Cl)c2)cc1)C[C@@H](O)C(=O)O. The average molecular weight is 511 g/mol. The predicted molar refractivity (Wildman–Crippen MR) is 131 cm³/mol. The topological polar surface area (TPSA) is 158 Å². The first-order valence-electron chi connectivity index (χ1n) is 10.8. The van der Waals surface area contributed by atoms with Crippen molar-refractivity contribution in [2.75, 3.05) is 0 Å². The number of carbonyl (C=O) groups excluding carboxylic acids is 3. The van der Waals surface area contributed by atoms with Crippen LogP contribution in [-0.2, 0) is 20.8 Å². The summed E-state index contributed by atoms with van der Waals surface area (Å²) in [7, 11) is 0. The Morgan fingerprint density at radius 1 is 0.917 bits per heavy atom. The second kappa shape index (κ2) is 12.4. The lowest BCUT2D eigenvalue weighted by Gasteiger charge is -2.20. The summed E-state index contributed by atoms with van der Waals surface area (Å²) in [5, 5.41) is 21.9. The molecule has 3 rings (SSSR count). The van der Waals surface area contributed by atoms with Crippen molar-refractivity contribution in [1.82, 2.24) is 21.2 Å². The minimum Gasteiger partial charge on any atom is -0.479 e. The molecule has 0 radical (unpaired) electrons. The monoisotopic (exact) mass is 510 g/mol. The van der Waals surface area contributed by atoms with Gasteiger partial charge in [0.05, 0.1) is 5.56 Å². The van der Waals surface area contributed by atoms with Gasteiger partial charge in [0.2, 0.25) is 0 Å². The van der Waals surface area contributed by atoms with Crippen LogP contribution in [0.1, 0.15) is 22.3 Å². The highest BCUT2D eigenvalue weighted by Gasteiger charge is 2.25. The zero-order valence-corrected chi connectivity index (χ0v) is 19.6. The van der Waals surface area contributed by atoms with Crippen LogP contribution in [0, 0.1) is 0 Å². The van der Waals surface area contributed by atoms with Gasteiger partial charge in [-0.3, -0.25) is 30.2 Å². The van der Waals surface area contributed by atoms with Crippen molar-refractivity contribution in [2.24, 2.45) is 0 Å². The van der Waals surface area contributed by atoms with E-state index in [0.717, 1.165) is 16.7 Å². The van der Waals surface area contributed by atoms with Crippen molar-refractivity contribution >= 4 is 35.3 Å². The second-order valence-electron chi connectivity index (χ2n) is 7.82. The minimum atomic E-state index is -1.76. The van der Waals surface area contributed by atoms with E-state index in [9.17, 15) is 24.3 Å². The van der Waals surface area contributed by atoms with Crippen LogP contribution >= 0.6 is 11.6 Å². The van der Waals surface area contributed by atoms with Gasteiger partial charge in [0.25, 0.3) is 5.91 Å². The highest BCUT2D eigenvalue weighted by Crippen LogP contribution is 2.23. The number of halogens is 1. The highest BCUT2D eigenvalue weighted by atomic mass is 35.5. The molecule has 2 aromatic carbocycles. The first-order chi connectivity index (χ1) is 17.2. The fourth-order valence-electron chi connectivity index (χ4n) is 3.34. The number of carboxylic acids is 1. The molecule has 3 amide bonds. The third-order valence-corrected chi connectivity index (χ3v) is 5.38. The van der Waals surface area contributed by atoms with Gasteiger partial charge in [-0.15, -0.1) is 0 Å². The number of nitrogens with one attached hydrogen (secondary N) is 3. The largest absolute Gasteiger partial charge is 0.479 e. The number of pyridine rings is 1. The van der Waals surface area contributed by atoms with Gasteiger partial charge in [-0.25, -0.2) is 4.79 Å². The molecule has 186 valence electrons. The van der Waals surface area contributed by atoms with Crippen molar-refractivity contribution in [3.8, 4) is 11.1 Å². The Morgan fingerprint density at radius 2 is 1.67 bits per heavy atom. The Hall–Kier alpha value is -4.28. The molecule has 3 aromatic rings. The van der Waals surface area contributed by atoms with Gasteiger partial charge in [0.15, 0.2) is 6.10 Å². The molecule has 36 heavy (non-hydrogen) atoms. The number of benzene rings is 2. The van der Waals surface area contributed by atoms with Gasteiger partial charge in [-0.05, 0) is 47.4 Å². The number of hydrazine groups is 1. The molecule has 1 heterocycles. The summed E-state index contributed by atoms with van der Waals surface area (Å²) in [6.45, 7) is 0. The number of carboxylic acid groups (broad SMARTS) is 1. The Bertz CT molecular complexity index is 1240. The third kappa shape index (κ3) is 7.62. The summed E-state index contributed by atoms with van der Waals surface area (Å²) in [6, 6.07) is 16.7. The van der Waals surface area contributed by atoms with E-state index < -0.39 is 35.8 Å². The fourth-order valence-corrected chi connectivity index (χ4v) is 3.53. The lowest BCUT2D eigenvalue weighted by molar-refractivity contribution is -0.147. The maximum Gasteiger partial charge on any atom is 0.332 e. The molecule has 0 aliphatic heterocycles.